The van der Waals surface area contributed by atoms with Crippen LogP contribution in [0, 0.1) is 6.92 Å². The summed E-state index contributed by atoms with van der Waals surface area (Å²) in [4.78, 5) is 0. The lowest BCUT2D eigenvalue weighted by atomic mass is 10.1. The average molecular weight is 206 g/mol. The molecule has 2 heteroatoms. The SMILES string of the molecule is CCCC(C)Nc1cc(CN)ccc1C. The highest BCUT2D eigenvalue weighted by atomic mass is 14.9. The Kier molecular flexibility index (Phi) is 4.63. The fourth-order valence-corrected chi connectivity index (χ4v) is 1.72. The maximum absolute atomic E-state index is 5.63. The summed E-state index contributed by atoms with van der Waals surface area (Å²) in [5.41, 5.74) is 9.33. The summed E-state index contributed by atoms with van der Waals surface area (Å²) in [6, 6.07) is 6.90. The number of nitrogens with one attached hydrogen (secondary N) is 1. The molecule has 84 valence electrons. The van der Waals surface area contributed by atoms with Gasteiger partial charge in [0.1, 0.15) is 0 Å². The first-order valence-electron chi connectivity index (χ1n) is 5.73. The van der Waals surface area contributed by atoms with E-state index in [2.05, 4.69) is 44.3 Å². The summed E-state index contributed by atoms with van der Waals surface area (Å²) in [6.45, 7) is 7.16. The number of benzene rings is 1. The Morgan fingerprint density at radius 1 is 1.40 bits per heavy atom. The Balaban J connectivity index is 2.74. The van der Waals surface area contributed by atoms with Gasteiger partial charge in [0.25, 0.3) is 0 Å². The van der Waals surface area contributed by atoms with E-state index in [4.69, 9.17) is 5.73 Å². The van der Waals surface area contributed by atoms with Gasteiger partial charge in [-0.05, 0) is 37.5 Å². The van der Waals surface area contributed by atoms with Crippen molar-refractivity contribution in [1.82, 2.24) is 0 Å². The maximum Gasteiger partial charge on any atom is 0.0375 e. The van der Waals surface area contributed by atoms with Gasteiger partial charge in [-0.1, -0.05) is 25.5 Å². The van der Waals surface area contributed by atoms with E-state index in [-0.39, 0.29) is 0 Å². The molecule has 0 heterocycles. The van der Waals surface area contributed by atoms with E-state index in [1.165, 1.54) is 29.7 Å². The van der Waals surface area contributed by atoms with Crippen molar-refractivity contribution in [2.24, 2.45) is 5.73 Å². The Hall–Kier alpha value is -1.02. The first-order chi connectivity index (χ1) is 7.17. The third-order valence-electron chi connectivity index (χ3n) is 2.66. The van der Waals surface area contributed by atoms with Crippen LogP contribution in [0.5, 0.6) is 0 Å². The lowest BCUT2D eigenvalue weighted by molar-refractivity contribution is 0.690. The van der Waals surface area contributed by atoms with Gasteiger partial charge in [-0.3, -0.25) is 0 Å². The zero-order valence-electron chi connectivity index (χ0n) is 10.0. The Morgan fingerprint density at radius 2 is 2.13 bits per heavy atom. The summed E-state index contributed by atoms with van der Waals surface area (Å²) < 4.78 is 0. The number of nitrogens with two attached hydrogens (primary N) is 1. The summed E-state index contributed by atoms with van der Waals surface area (Å²) >= 11 is 0. The normalized spacial score (nSPS) is 12.5. The minimum absolute atomic E-state index is 0.529. The van der Waals surface area contributed by atoms with Crippen molar-refractivity contribution in [1.29, 1.82) is 0 Å². The summed E-state index contributed by atoms with van der Waals surface area (Å²) in [5.74, 6) is 0. The second kappa shape index (κ2) is 5.76. The highest BCUT2D eigenvalue weighted by Crippen LogP contribution is 2.18. The molecule has 15 heavy (non-hydrogen) atoms. The van der Waals surface area contributed by atoms with E-state index in [1.54, 1.807) is 0 Å². The smallest absolute Gasteiger partial charge is 0.0375 e. The molecule has 0 aromatic heterocycles. The van der Waals surface area contributed by atoms with Crippen LogP contribution in [0.3, 0.4) is 0 Å². The quantitative estimate of drug-likeness (QED) is 0.777. The second-order valence-corrected chi connectivity index (χ2v) is 4.19. The molecule has 0 aliphatic carbocycles. The summed E-state index contributed by atoms with van der Waals surface area (Å²) in [6.07, 6.45) is 2.41. The average Bonchev–Trinajstić information content (AvgIpc) is 2.21. The van der Waals surface area contributed by atoms with Crippen molar-refractivity contribution < 1.29 is 0 Å². The van der Waals surface area contributed by atoms with Gasteiger partial charge < -0.3 is 11.1 Å². The van der Waals surface area contributed by atoms with Crippen molar-refractivity contribution in [3.63, 3.8) is 0 Å². The van der Waals surface area contributed by atoms with Crippen LogP contribution in [0.2, 0.25) is 0 Å². The van der Waals surface area contributed by atoms with Gasteiger partial charge in [0, 0.05) is 18.3 Å². The lowest BCUT2D eigenvalue weighted by Gasteiger charge is -2.17. The van der Waals surface area contributed by atoms with Crippen LogP contribution in [0.25, 0.3) is 0 Å². The topological polar surface area (TPSA) is 38.0 Å². The molecule has 2 nitrogen and oxygen atoms in total. The van der Waals surface area contributed by atoms with E-state index in [0.29, 0.717) is 12.6 Å². The van der Waals surface area contributed by atoms with Gasteiger partial charge in [-0.2, -0.15) is 0 Å². The summed E-state index contributed by atoms with van der Waals surface area (Å²) in [7, 11) is 0. The fourth-order valence-electron chi connectivity index (χ4n) is 1.72. The molecule has 1 aromatic rings. The largest absolute Gasteiger partial charge is 0.382 e. The first kappa shape index (κ1) is 12.1. The molecule has 0 aliphatic rings. The molecule has 0 fully saturated rings. The van der Waals surface area contributed by atoms with Gasteiger partial charge in [0.15, 0.2) is 0 Å². The molecule has 0 bridgehead atoms. The highest BCUT2D eigenvalue weighted by Gasteiger charge is 2.03. The predicted molar refractivity (Wildman–Crippen MR) is 67.1 cm³/mol. The lowest BCUT2D eigenvalue weighted by Crippen LogP contribution is -2.15. The van der Waals surface area contributed by atoms with Crippen LogP contribution in [-0.2, 0) is 6.54 Å². The molecule has 0 saturated carbocycles. The molecule has 0 saturated heterocycles. The summed E-state index contributed by atoms with van der Waals surface area (Å²) in [5, 5.41) is 3.53. The molecule has 1 atom stereocenters. The van der Waals surface area contributed by atoms with Crippen molar-refractivity contribution in [3.8, 4) is 0 Å². The van der Waals surface area contributed by atoms with Gasteiger partial charge >= 0.3 is 0 Å². The predicted octanol–water partition coefficient (Wildman–Crippen LogP) is 3.05. The molecule has 0 amide bonds. The van der Waals surface area contributed by atoms with Crippen LogP contribution in [-0.4, -0.2) is 6.04 Å². The molecule has 1 unspecified atom stereocenters. The van der Waals surface area contributed by atoms with Crippen molar-refractivity contribution >= 4 is 5.69 Å². The van der Waals surface area contributed by atoms with Gasteiger partial charge in [0.2, 0.25) is 0 Å². The number of hydrogen-bond acceptors (Lipinski definition) is 2. The van der Waals surface area contributed by atoms with Crippen LogP contribution in [0.1, 0.15) is 37.8 Å². The van der Waals surface area contributed by atoms with Crippen LogP contribution >= 0.6 is 0 Å². The maximum atomic E-state index is 5.63. The van der Waals surface area contributed by atoms with E-state index in [9.17, 15) is 0 Å². The molecule has 3 N–H and O–H groups in total. The Morgan fingerprint density at radius 3 is 2.73 bits per heavy atom. The van der Waals surface area contributed by atoms with Gasteiger partial charge in [0.05, 0.1) is 0 Å². The number of rotatable bonds is 5. The fraction of sp³-hybridized carbons (Fsp3) is 0.538. The molecular formula is C13H22N2. The minimum Gasteiger partial charge on any atom is -0.382 e. The van der Waals surface area contributed by atoms with E-state index in [0.717, 1.165) is 0 Å². The first-order valence-corrected chi connectivity index (χ1v) is 5.73. The number of aryl methyl sites for hydroxylation is 1. The zero-order chi connectivity index (χ0) is 11.3. The third-order valence-corrected chi connectivity index (χ3v) is 2.66. The third kappa shape index (κ3) is 3.56. The van der Waals surface area contributed by atoms with Crippen LogP contribution in [0.4, 0.5) is 5.69 Å². The van der Waals surface area contributed by atoms with Gasteiger partial charge in [-0.25, -0.2) is 0 Å². The Bertz CT molecular complexity index is 307. The van der Waals surface area contributed by atoms with Crippen molar-refractivity contribution in [2.75, 3.05) is 5.32 Å². The van der Waals surface area contributed by atoms with Crippen LogP contribution in [0.15, 0.2) is 18.2 Å². The molecule has 1 rings (SSSR count). The molecule has 1 aromatic carbocycles. The van der Waals surface area contributed by atoms with Crippen LogP contribution < -0.4 is 11.1 Å². The Labute approximate surface area is 92.9 Å². The van der Waals surface area contributed by atoms with E-state index >= 15 is 0 Å². The van der Waals surface area contributed by atoms with Crippen molar-refractivity contribution in [3.05, 3.63) is 29.3 Å². The molecular weight excluding hydrogens is 184 g/mol. The monoisotopic (exact) mass is 206 g/mol. The zero-order valence-corrected chi connectivity index (χ0v) is 10.0. The second-order valence-electron chi connectivity index (χ2n) is 4.19. The molecule has 0 radical (unpaired) electrons. The standard InChI is InChI=1S/C13H22N2/c1-4-5-11(3)15-13-8-12(9-14)7-6-10(13)2/h6-8,11,15H,4-5,9,14H2,1-3H3. The van der Waals surface area contributed by atoms with Gasteiger partial charge in [-0.15, -0.1) is 0 Å². The molecule has 0 aliphatic heterocycles. The van der Waals surface area contributed by atoms with Crippen molar-refractivity contribution in [2.45, 2.75) is 46.2 Å². The number of hydrogen-bond donors (Lipinski definition) is 2. The van der Waals surface area contributed by atoms with E-state index in [1.807, 2.05) is 0 Å². The highest BCUT2D eigenvalue weighted by molar-refractivity contribution is 5.53. The van der Waals surface area contributed by atoms with E-state index < -0.39 is 0 Å². The molecule has 0 spiro atoms. The minimum atomic E-state index is 0.529. The number of anilines is 1.